The Morgan fingerprint density at radius 2 is 1.07 bits per heavy atom. The maximum absolute atomic E-state index is 5.78. The van der Waals surface area contributed by atoms with Crippen LogP contribution in [0.4, 0.5) is 5.82 Å². The van der Waals surface area contributed by atoms with Crippen LogP contribution >= 0.6 is 31.9 Å². The van der Waals surface area contributed by atoms with Gasteiger partial charge >= 0.3 is 17.6 Å². The molecule has 0 saturated heterocycles. The van der Waals surface area contributed by atoms with Gasteiger partial charge in [0.15, 0.2) is 11.4 Å². The van der Waals surface area contributed by atoms with Crippen molar-refractivity contribution in [1.82, 2.24) is 9.13 Å². The summed E-state index contributed by atoms with van der Waals surface area (Å²) in [6.45, 7) is 0. The first kappa shape index (κ1) is 29.2. The first-order chi connectivity index (χ1) is 27.1. The van der Waals surface area contributed by atoms with Gasteiger partial charge in [-0.1, -0.05) is 117 Å². The number of rotatable bonds is 2. The fraction of sp³-hybridized carbons (Fsp3) is 0.0213. The van der Waals surface area contributed by atoms with E-state index in [4.69, 9.17) is 9.98 Å². The molecule has 0 saturated carbocycles. The maximum atomic E-state index is 5.78. The molecule has 1 spiro atoms. The molecule has 6 aliphatic rings. The highest BCUT2D eigenvalue weighted by Crippen LogP contribution is 2.57. The van der Waals surface area contributed by atoms with Crippen LogP contribution in [-0.4, -0.2) is 35.7 Å². The Bertz CT molecular complexity index is 3490. The quantitative estimate of drug-likeness (QED) is 0.157. The van der Waals surface area contributed by atoms with Gasteiger partial charge in [0.1, 0.15) is 0 Å². The van der Waals surface area contributed by atoms with Crippen molar-refractivity contribution in [3.05, 3.63) is 204 Å². The van der Waals surface area contributed by atoms with Gasteiger partial charge in [-0.2, -0.15) is 0 Å². The van der Waals surface area contributed by atoms with Gasteiger partial charge in [-0.3, -0.25) is 0 Å². The third-order valence-corrected chi connectivity index (χ3v) is 13.3. The van der Waals surface area contributed by atoms with Crippen LogP contribution in [-0.2, 0) is 5.91 Å². The average molecular weight is 833 g/mol. The lowest BCUT2D eigenvalue weighted by Crippen LogP contribution is -2.71. The molecule has 6 aromatic carbocycles. The number of halogens is 2. The summed E-state index contributed by atoms with van der Waals surface area (Å²) in [5.41, 5.74) is 13.6. The third kappa shape index (κ3) is 3.17. The predicted octanol–water partition coefficient (Wildman–Crippen LogP) is 8.69. The van der Waals surface area contributed by atoms with Crippen molar-refractivity contribution < 1.29 is 9.15 Å². The van der Waals surface area contributed by atoms with E-state index in [0.717, 1.165) is 87.4 Å². The van der Waals surface area contributed by atoms with Crippen LogP contribution in [0, 0.1) is 0 Å². The summed E-state index contributed by atoms with van der Waals surface area (Å²) in [5, 5.41) is 5.75. The number of nitrogens with zero attached hydrogens (tertiary/aromatic N) is 6. The number of benzene rings is 6. The lowest BCUT2D eigenvalue weighted by Gasteiger charge is -2.42. The second kappa shape index (κ2) is 9.71. The topological polar surface area (TPSA) is 40.6 Å². The monoisotopic (exact) mass is 830 g/mol. The molecular weight excluding hydrogens is 808 g/mol. The molecule has 8 aromatic rings. The van der Waals surface area contributed by atoms with Gasteiger partial charge in [0.25, 0.3) is 11.3 Å². The minimum atomic E-state index is -0.984. The fourth-order valence-corrected chi connectivity index (χ4v) is 10.9. The van der Waals surface area contributed by atoms with Crippen LogP contribution < -0.4 is 10.8 Å². The first-order valence-electron chi connectivity index (χ1n) is 18.4. The Morgan fingerprint density at radius 3 is 1.80 bits per heavy atom. The molecule has 0 fully saturated rings. The van der Waals surface area contributed by atoms with E-state index in [-0.39, 0.29) is 0 Å². The summed E-state index contributed by atoms with van der Waals surface area (Å²) in [6, 6.07) is 52.9. The van der Waals surface area contributed by atoms with E-state index in [1.807, 2.05) is 0 Å². The summed E-state index contributed by atoms with van der Waals surface area (Å²) >= 11 is 7.46. The molecule has 1 unspecified atom stereocenters. The number of amidine groups is 2. The number of hydrogen-bond donors (Lipinski definition) is 0. The Balaban J connectivity index is 1.33. The molecule has 1 atom stereocenters. The van der Waals surface area contributed by atoms with Crippen LogP contribution in [0.3, 0.4) is 0 Å². The molecule has 6 aliphatic heterocycles. The predicted molar refractivity (Wildman–Crippen MR) is 223 cm³/mol. The molecule has 0 radical (unpaired) electrons. The smallest absolute Gasteiger partial charge is 0.202 e. The number of hydrogen-bond acceptors (Lipinski definition) is 2. The molecule has 6 nitrogen and oxygen atoms in total. The number of aromatic nitrogens is 2. The molecule has 8 heteroatoms. The Hall–Kier alpha value is -6.22. The van der Waals surface area contributed by atoms with Crippen molar-refractivity contribution >= 4 is 93.4 Å². The molecule has 0 N–H and O–H groups in total. The summed E-state index contributed by atoms with van der Waals surface area (Å²) in [5.74, 6) is 1.85. The molecular formula is C47H24Br2N6+2. The lowest BCUT2D eigenvalue weighted by molar-refractivity contribution is -0.798. The van der Waals surface area contributed by atoms with E-state index >= 15 is 0 Å². The Morgan fingerprint density at radius 1 is 0.491 bits per heavy atom. The zero-order chi connectivity index (χ0) is 35.9. The average Bonchev–Trinajstić information content (AvgIpc) is 3.95. The van der Waals surface area contributed by atoms with E-state index in [1.165, 1.54) is 33.0 Å². The second-order valence-electron chi connectivity index (χ2n) is 14.8. The molecule has 254 valence electrons. The van der Waals surface area contributed by atoms with Crippen molar-refractivity contribution in [3.8, 4) is 0 Å². The van der Waals surface area contributed by atoms with E-state index in [0.29, 0.717) is 0 Å². The largest absolute Gasteiger partial charge is 0.441 e. The number of fused-ring (bicyclic) bond motifs is 12. The number of aliphatic imine (C=N–C) groups is 1. The van der Waals surface area contributed by atoms with E-state index in [9.17, 15) is 0 Å². The van der Waals surface area contributed by atoms with Crippen LogP contribution in [0.2, 0.25) is 0 Å². The van der Waals surface area contributed by atoms with Crippen molar-refractivity contribution in [3.63, 3.8) is 0 Å². The van der Waals surface area contributed by atoms with Gasteiger partial charge in [0.05, 0.1) is 44.1 Å². The third-order valence-electron chi connectivity index (χ3n) is 12.3. The highest BCUT2D eigenvalue weighted by Gasteiger charge is 2.71. The van der Waals surface area contributed by atoms with E-state index < -0.39 is 5.91 Å². The highest BCUT2D eigenvalue weighted by molar-refractivity contribution is 9.10. The van der Waals surface area contributed by atoms with Gasteiger partial charge in [0, 0.05) is 30.8 Å². The zero-order valence-electron chi connectivity index (χ0n) is 28.8. The second-order valence-corrected chi connectivity index (χ2v) is 16.6. The van der Waals surface area contributed by atoms with Gasteiger partial charge in [-0.15, -0.1) is 9.15 Å². The first-order valence-corrected chi connectivity index (χ1v) is 20.0. The van der Waals surface area contributed by atoms with Crippen LogP contribution in [0.1, 0.15) is 39.1 Å². The molecule has 0 bridgehead atoms. The van der Waals surface area contributed by atoms with Gasteiger partial charge < -0.3 is 0 Å². The fourth-order valence-electron chi connectivity index (χ4n) is 10.3. The molecule has 55 heavy (non-hydrogen) atoms. The molecule has 14 rings (SSSR count). The van der Waals surface area contributed by atoms with Crippen molar-refractivity contribution in [2.45, 2.75) is 5.91 Å². The summed E-state index contributed by atoms with van der Waals surface area (Å²) in [6.07, 6.45) is 0. The van der Waals surface area contributed by atoms with Gasteiger partial charge in [-0.25, -0.2) is 9.13 Å². The van der Waals surface area contributed by atoms with Gasteiger partial charge in [0.2, 0.25) is 0 Å². The maximum Gasteiger partial charge on any atom is 0.441 e. The molecule has 0 amide bonds. The van der Waals surface area contributed by atoms with E-state index in [1.54, 1.807) is 0 Å². The standard InChI is InChI=1S/C47H24Br2N6/c48-27-21-17-25(18-22-27)37-39-29-9-1-5-13-33(29)43-50-44-35-15-7-3-11-31(35)41-38(26-19-23-28(49)24-20-26)42-32-12-4-8-16-36(32)46-51-45-34-14-6-2-10-30(34)40(37)53(45)47(52(39)43,54(41)44)55(42)46/h1-24H/q+2. The van der Waals surface area contributed by atoms with Gasteiger partial charge in [-0.05, 0) is 81.8 Å². The van der Waals surface area contributed by atoms with Crippen LogP contribution in [0.15, 0.2) is 165 Å². The Labute approximate surface area is 330 Å². The molecule has 8 heterocycles. The normalized spacial score (nSPS) is 18.8. The lowest BCUT2D eigenvalue weighted by atomic mass is 9.91. The van der Waals surface area contributed by atoms with E-state index in [2.05, 4.69) is 196 Å². The van der Waals surface area contributed by atoms with Crippen LogP contribution in [0.5, 0.6) is 0 Å². The van der Waals surface area contributed by atoms with Crippen molar-refractivity contribution in [1.29, 1.82) is 0 Å². The molecule has 0 aliphatic carbocycles. The zero-order valence-corrected chi connectivity index (χ0v) is 32.0. The highest BCUT2D eigenvalue weighted by atomic mass is 79.9. The van der Waals surface area contributed by atoms with Crippen molar-refractivity contribution in [2.24, 2.45) is 9.98 Å². The minimum absolute atomic E-state index is 0.945. The summed E-state index contributed by atoms with van der Waals surface area (Å²) in [4.78, 5) is 11.6. The SMILES string of the molecule is Brc1ccc(C2=C3c4ccccc4C4=[N+]3C35n6c(c7ccccc7c62)N=C2c6ccccc6C(=[N+]23)C(c2ccc(Br)cc2)=c2c3ccccc3c(n25)=N4)cc1. The Kier molecular flexibility index (Phi) is 5.15. The minimum Gasteiger partial charge on any atom is -0.202 e. The van der Waals surface area contributed by atoms with Crippen molar-refractivity contribution in [2.75, 3.05) is 0 Å². The summed E-state index contributed by atoms with van der Waals surface area (Å²) in [7, 11) is 0. The molecule has 2 aromatic heterocycles. The van der Waals surface area contributed by atoms with Crippen LogP contribution in [0.25, 0.3) is 38.4 Å². The summed E-state index contributed by atoms with van der Waals surface area (Å²) < 4.78 is 12.3.